The van der Waals surface area contributed by atoms with Gasteiger partial charge in [-0.1, -0.05) is 43.7 Å². The SMILES string of the molecule is CCC[C@@H](C)NC(=O)CN(CCc1ccccc1)S(=O)(=O)c1ccc(OC)cc1. The fraction of sp³-hybridized carbons (Fsp3) is 0.409. The summed E-state index contributed by atoms with van der Waals surface area (Å²) in [6.07, 6.45) is 2.32. The molecule has 0 aliphatic carbocycles. The van der Waals surface area contributed by atoms with Gasteiger partial charge in [-0.25, -0.2) is 8.42 Å². The summed E-state index contributed by atoms with van der Waals surface area (Å²) in [5.74, 6) is 0.280. The van der Waals surface area contributed by atoms with Crippen molar-refractivity contribution >= 4 is 15.9 Å². The molecule has 0 aliphatic heterocycles. The predicted octanol–water partition coefficient (Wildman–Crippen LogP) is 3.23. The maximum absolute atomic E-state index is 13.2. The molecule has 0 aliphatic rings. The first-order valence-corrected chi connectivity index (χ1v) is 11.3. The summed E-state index contributed by atoms with van der Waals surface area (Å²) >= 11 is 0. The van der Waals surface area contributed by atoms with Crippen LogP contribution in [-0.4, -0.2) is 44.9 Å². The second kappa shape index (κ2) is 11.0. The largest absolute Gasteiger partial charge is 0.497 e. The van der Waals surface area contributed by atoms with Gasteiger partial charge in [-0.3, -0.25) is 4.79 Å². The molecule has 0 saturated carbocycles. The first-order chi connectivity index (χ1) is 13.9. The van der Waals surface area contributed by atoms with E-state index in [4.69, 9.17) is 4.74 Å². The molecule has 2 aromatic rings. The Morgan fingerprint density at radius 2 is 1.76 bits per heavy atom. The highest BCUT2D eigenvalue weighted by Crippen LogP contribution is 2.20. The van der Waals surface area contributed by atoms with Crippen LogP contribution in [0.25, 0.3) is 0 Å². The Hall–Kier alpha value is -2.38. The quantitative estimate of drug-likeness (QED) is 0.608. The third-order valence-electron chi connectivity index (χ3n) is 4.64. The highest BCUT2D eigenvalue weighted by molar-refractivity contribution is 7.89. The third-order valence-corrected chi connectivity index (χ3v) is 6.50. The molecule has 1 atom stereocenters. The van der Waals surface area contributed by atoms with E-state index in [0.29, 0.717) is 12.2 Å². The summed E-state index contributed by atoms with van der Waals surface area (Å²) in [6, 6.07) is 15.8. The van der Waals surface area contributed by atoms with Crippen molar-refractivity contribution in [1.82, 2.24) is 9.62 Å². The first kappa shape index (κ1) is 22.9. The molecule has 1 N–H and O–H groups in total. The van der Waals surface area contributed by atoms with E-state index in [-0.39, 0.29) is 29.9 Å². The predicted molar refractivity (Wildman–Crippen MR) is 114 cm³/mol. The van der Waals surface area contributed by atoms with Crippen LogP contribution in [0.15, 0.2) is 59.5 Å². The lowest BCUT2D eigenvalue weighted by atomic mass is 10.1. The smallest absolute Gasteiger partial charge is 0.243 e. The molecule has 1 amide bonds. The molecule has 0 saturated heterocycles. The minimum Gasteiger partial charge on any atom is -0.497 e. The topological polar surface area (TPSA) is 75.7 Å². The Morgan fingerprint density at radius 3 is 2.34 bits per heavy atom. The fourth-order valence-electron chi connectivity index (χ4n) is 3.07. The molecule has 158 valence electrons. The van der Waals surface area contributed by atoms with E-state index < -0.39 is 10.0 Å². The summed E-state index contributed by atoms with van der Waals surface area (Å²) in [5.41, 5.74) is 1.02. The number of rotatable bonds is 11. The highest BCUT2D eigenvalue weighted by Gasteiger charge is 2.27. The maximum atomic E-state index is 13.2. The van der Waals surface area contributed by atoms with Crippen LogP contribution < -0.4 is 10.1 Å². The van der Waals surface area contributed by atoms with Crippen molar-refractivity contribution in [3.63, 3.8) is 0 Å². The van der Waals surface area contributed by atoms with Gasteiger partial charge < -0.3 is 10.1 Å². The number of methoxy groups -OCH3 is 1. The van der Waals surface area contributed by atoms with Gasteiger partial charge in [-0.2, -0.15) is 4.31 Å². The molecule has 29 heavy (non-hydrogen) atoms. The van der Waals surface area contributed by atoms with Crippen LogP contribution >= 0.6 is 0 Å². The summed E-state index contributed by atoms with van der Waals surface area (Å²) in [7, 11) is -2.30. The Balaban J connectivity index is 2.20. The van der Waals surface area contributed by atoms with Gasteiger partial charge in [-0.15, -0.1) is 0 Å². The Labute approximate surface area is 173 Å². The van der Waals surface area contributed by atoms with Gasteiger partial charge in [0.25, 0.3) is 0 Å². The van der Waals surface area contributed by atoms with E-state index in [1.807, 2.05) is 44.2 Å². The number of hydrogen-bond donors (Lipinski definition) is 1. The molecule has 0 aromatic heterocycles. The molecule has 0 unspecified atom stereocenters. The normalized spacial score (nSPS) is 12.6. The van der Waals surface area contributed by atoms with Crippen molar-refractivity contribution < 1.29 is 17.9 Å². The Morgan fingerprint density at radius 1 is 1.10 bits per heavy atom. The molecular weight excluding hydrogens is 388 g/mol. The van der Waals surface area contributed by atoms with Gasteiger partial charge in [0, 0.05) is 12.6 Å². The van der Waals surface area contributed by atoms with Gasteiger partial charge >= 0.3 is 0 Å². The summed E-state index contributed by atoms with van der Waals surface area (Å²) < 4.78 is 32.8. The second-order valence-corrected chi connectivity index (χ2v) is 8.94. The van der Waals surface area contributed by atoms with Crippen molar-refractivity contribution in [1.29, 1.82) is 0 Å². The van der Waals surface area contributed by atoms with Crippen molar-refractivity contribution in [2.75, 3.05) is 20.2 Å². The van der Waals surface area contributed by atoms with Gasteiger partial charge in [-0.05, 0) is 49.6 Å². The van der Waals surface area contributed by atoms with E-state index in [1.165, 1.54) is 23.5 Å². The zero-order valence-electron chi connectivity index (χ0n) is 17.3. The number of amides is 1. The Kier molecular flexibility index (Phi) is 8.67. The number of carbonyl (C=O) groups is 1. The van der Waals surface area contributed by atoms with Crippen LogP contribution in [-0.2, 0) is 21.2 Å². The number of nitrogens with zero attached hydrogens (tertiary/aromatic N) is 1. The lowest BCUT2D eigenvalue weighted by Crippen LogP contribution is -2.44. The highest BCUT2D eigenvalue weighted by atomic mass is 32.2. The van der Waals surface area contributed by atoms with E-state index in [2.05, 4.69) is 5.32 Å². The number of ether oxygens (including phenoxy) is 1. The van der Waals surface area contributed by atoms with Gasteiger partial charge in [0.2, 0.25) is 15.9 Å². The standard InChI is InChI=1S/C22H30N2O4S/c1-4-8-18(2)23-22(25)17-24(16-15-19-9-6-5-7-10-19)29(26,27)21-13-11-20(28-3)12-14-21/h5-7,9-14,18H,4,8,15-17H2,1-3H3,(H,23,25)/t18-/m1/s1. The molecule has 2 rings (SSSR count). The van der Waals surface area contributed by atoms with Crippen LogP contribution in [0.2, 0.25) is 0 Å². The average molecular weight is 419 g/mol. The maximum Gasteiger partial charge on any atom is 0.243 e. The van der Waals surface area contributed by atoms with Gasteiger partial charge in [0.1, 0.15) is 5.75 Å². The van der Waals surface area contributed by atoms with Crippen molar-refractivity contribution in [2.24, 2.45) is 0 Å². The molecule has 7 heteroatoms. The lowest BCUT2D eigenvalue weighted by Gasteiger charge is -2.23. The molecule has 2 aromatic carbocycles. The second-order valence-electron chi connectivity index (χ2n) is 7.01. The van der Waals surface area contributed by atoms with Crippen LogP contribution in [0, 0.1) is 0 Å². The van der Waals surface area contributed by atoms with Crippen molar-refractivity contribution in [3.05, 3.63) is 60.2 Å². The number of carbonyl (C=O) groups excluding carboxylic acids is 1. The summed E-state index contributed by atoms with van der Waals surface area (Å²) in [4.78, 5) is 12.6. The van der Waals surface area contributed by atoms with E-state index >= 15 is 0 Å². The number of nitrogens with one attached hydrogen (secondary N) is 1. The number of sulfonamides is 1. The molecular formula is C22H30N2O4S. The van der Waals surface area contributed by atoms with Crippen LogP contribution in [0.4, 0.5) is 0 Å². The van der Waals surface area contributed by atoms with E-state index in [9.17, 15) is 13.2 Å². The minimum atomic E-state index is -3.82. The molecule has 0 heterocycles. The summed E-state index contributed by atoms with van der Waals surface area (Å²) in [5, 5.41) is 2.89. The lowest BCUT2D eigenvalue weighted by molar-refractivity contribution is -0.121. The van der Waals surface area contributed by atoms with Crippen molar-refractivity contribution in [3.8, 4) is 5.75 Å². The fourth-order valence-corrected chi connectivity index (χ4v) is 4.46. The number of hydrogen-bond acceptors (Lipinski definition) is 4. The van der Waals surface area contributed by atoms with E-state index in [1.54, 1.807) is 12.1 Å². The molecule has 0 spiro atoms. The first-order valence-electron chi connectivity index (χ1n) is 9.84. The average Bonchev–Trinajstić information content (AvgIpc) is 2.71. The van der Waals surface area contributed by atoms with Gasteiger partial charge in [0.15, 0.2) is 0 Å². The third kappa shape index (κ3) is 6.87. The van der Waals surface area contributed by atoms with Crippen LogP contribution in [0.3, 0.4) is 0 Å². The number of benzene rings is 2. The van der Waals surface area contributed by atoms with Crippen molar-refractivity contribution in [2.45, 2.75) is 44.0 Å². The van der Waals surface area contributed by atoms with Crippen LogP contribution in [0.1, 0.15) is 32.3 Å². The molecule has 0 fully saturated rings. The van der Waals surface area contributed by atoms with Crippen LogP contribution in [0.5, 0.6) is 5.75 Å². The summed E-state index contributed by atoms with van der Waals surface area (Å²) in [6.45, 7) is 3.97. The van der Waals surface area contributed by atoms with Gasteiger partial charge in [0.05, 0.1) is 18.6 Å². The Bertz CT molecular complexity index is 867. The minimum absolute atomic E-state index is 0.00663. The van der Waals surface area contributed by atoms with E-state index in [0.717, 1.165) is 18.4 Å². The monoisotopic (exact) mass is 418 g/mol. The molecule has 0 radical (unpaired) electrons. The zero-order valence-corrected chi connectivity index (χ0v) is 18.1. The zero-order chi connectivity index (χ0) is 21.3. The molecule has 6 nitrogen and oxygen atoms in total. The molecule has 0 bridgehead atoms.